The van der Waals surface area contributed by atoms with Crippen LogP contribution in [0.5, 0.6) is 0 Å². The molecule has 0 aliphatic heterocycles. The van der Waals surface area contributed by atoms with Crippen LogP contribution in [-0.2, 0) is 6.42 Å². The van der Waals surface area contributed by atoms with Gasteiger partial charge in [0.05, 0.1) is 10.0 Å². The molecule has 2 nitrogen and oxygen atoms in total. The monoisotopic (exact) mass is 300 g/mol. The quantitative estimate of drug-likeness (QED) is 0.773. The third kappa shape index (κ3) is 3.08. The summed E-state index contributed by atoms with van der Waals surface area (Å²) in [5.41, 5.74) is 2.15. The highest BCUT2D eigenvalue weighted by atomic mass is 35.5. The van der Waals surface area contributed by atoms with Gasteiger partial charge in [-0.15, -0.1) is 0 Å². The molecule has 0 amide bonds. The highest BCUT2D eigenvalue weighted by molar-refractivity contribution is 6.43. The van der Waals surface area contributed by atoms with Gasteiger partial charge in [0, 0.05) is 5.69 Å². The minimum absolute atomic E-state index is 0.232. The van der Waals surface area contributed by atoms with E-state index in [1.54, 1.807) is 6.07 Å². The second kappa shape index (κ2) is 5.79. The molecule has 0 fully saturated rings. The molecule has 0 aliphatic carbocycles. The van der Waals surface area contributed by atoms with E-state index in [-0.39, 0.29) is 5.15 Å². The number of nitrogens with zero attached hydrogens (tertiary/aromatic N) is 1. The largest absolute Gasteiger partial charge is 0.339 e. The molecular weight excluding hydrogens is 291 g/mol. The van der Waals surface area contributed by atoms with Crippen molar-refractivity contribution in [2.75, 3.05) is 5.32 Å². The van der Waals surface area contributed by atoms with Crippen molar-refractivity contribution in [3.05, 3.63) is 51.1 Å². The van der Waals surface area contributed by atoms with E-state index >= 15 is 0 Å². The zero-order valence-electron chi connectivity index (χ0n) is 9.67. The summed E-state index contributed by atoms with van der Waals surface area (Å²) in [5.74, 6) is 0.499. The lowest BCUT2D eigenvalue weighted by atomic mass is 10.1. The number of aryl methyl sites for hydroxylation is 1. The van der Waals surface area contributed by atoms with Gasteiger partial charge in [0.1, 0.15) is 5.15 Å². The number of nitrogens with one attached hydrogen (secondary N) is 1. The number of aromatic nitrogens is 1. The number of halogens is 3. The van der Waals surface area contributed by atoms with Crippen LogP contribution in [0.15, 0.2) is 30.3 Å². The van der Waals surface area contributed by atoms with E-state index in [0.717, 1.165) is 12.1 Å². The summed E-state index contributed by atoms with van der Waals surface area (Å²) >= 11 is 17.8. The fourth-order valence-electron chi connectivity index (χ4n) is 1.54. The van der Waals surface area contributed by atoms with Gasteiger partial charge in [-0.2, -0.15) is 0 Å². The van der Waals surface area contributed by atoms with Gasteiger partial charge in [0.2, 0.25) is 0 Å². The van der Waals surface area contributed by atoms with E-state index in [2.05, 4.69) is 23.3 Å². The molecule has 5 heteroatoms. The number of benzene rings is 1. The molecule has 94 valence electrons. The van der Waals surface area contributed by atoms with Gasteiger partial charge in [0.15, 0.2) is 5.82 Å². The average molecular weight is 302 g/mol. The predicted octanol–water partition coefficient (Wildman–Crippen LogP) is 5.35. The van der Waals surface area contributed by atoms with Crippen LogP contribution in [0.3, 0.4) is 0 Å². The van der Waals surface area contributed by atoms with E-state index in [0.29, 0.717) is 15.9 Å². The first-order valence-electron chi connectivity index (χ1n) is 5.47. The maximum Gasteiger partial charge on any atom is 0.151 e. The second-order valence-electron chi connectivity index (χ2n) is 3.77. The zero-order chi connectivity index (χ0) is 13.1. The summed E-state index contributed by atoms with van der Waals surface area (Å²) < 4.78 is 0. The third-order valence-electron chi connectivity index (χ3n) is 2.48. The summed E-state index contributed by atoms with van der Waals surface area (Å²) in [4.78, 5) is 4.11. The minimum Gasteiger partial charge on any atom is -0.339 e. The lowest BCUT2D eigenvalue weighted by Crippen LogP contribution is -1.96. The molecule has 1 heterocycles. The van der Waals surface area contributed by atoms with Crippen molar-refractivity contribution in [1.82, 2.24) is 4.98 Å². The zero-order valence-corrected chi connectivity index (χ0v) is 11.9. The predicted molar refractivity (Wildman–Crippen MR) is 78.4 cm³/mol. The van der Waals surface area contributed by atoms with Crippen molar-refractivity contribution in [2.45, 2.75) is 13.3 Å². The molecule has 1 N–H and O–H groups in total. The van der Waals surface area contributed by atoms with E-state index in [1.807, 2.05) is 18.2 Å². The van der Waals surface area contributed by atoms with Crippen molar-refractivity contribution in [3.63, 3.8) is 0 Å². The molecule has 1 aromatic carbocycles. The van der Waals surface area contributed by atoms with Crippen molar-refractivity contribution in [1.29, 1.82) is 0 Å². The molecule has 0 saturated carbocycles. The van der Waals surface area contributed by atoms with Crippen LogP contribution in [0.4, 0.5) is 11.5 Å². The van der Waals surface area contributed by atoms with Crippen molar-refractivity contribution in [2.24, 2.45) is 0 Å². The molecule has 2 aromatic rings. The molecule has 0 radical (unpaired) electrons. The lowest BCUT2D eigenvalue weighted by Gasteiger charge is -2.09. The van der Waals surface area contributed by atoms with Gasteiger partial charge in [0.25, 0.3) is 0 Å². The Morgan fingerprint density at radius 1 is 1.11 bits per heavy atom. The Kier molecular flexibility index (Phi) is 4.33. The molecule has 18 heavy (non-hydrogen) atoms. The van der Waals surface area contributed by atoms with Crippen LogP contribution in [0, 0.1) is 0 Å². The molecule has 0 unspecified atom stereocenters. The summed E-state index contributed by atoms with van der Waals surface area (Å²) in [5, 5.41) is 4.14. The van der Waals surface area contributed by atoms with Crippen LogP contribution in [0.1, 0.15) is 12.5 Å². The van der Waals surface area contributed by atoms with Crippen molar-refractivity contribution < 1.29 is 0 Å². The Balaban J connectivity index is 2.30. The first-order valence-corrected chi connectivity index (χ1v) is 6.61. The van der Waals surface area contributed by atoms with E-state index in [4.69, 9.17) is 34.8 Å². The van der Waals surface area contributed by atoms with Gasteiger partial charge in [-0.25, -0.2) is 4.98 Å². The van der Waals surface area contributed by atoms with Crippen LogP contribution in [0.25, 0.3) is 0 Å². The normalized spacial score (nSPS) is 10.4. The molecule has 2 rings (SSSR count). The fraction of sp³-hybridized carbons (Fsp3) is 0.154. The smallest absolute Gasteiger partial charge is 0.151 e. The third-order valence-corrected chi connectivity index (χ3v) is 3.45. The molecular formula is C13H11Cl3N2. The van der Waals surface area contributed by atoms with Gasteiger partial charge in [-0.1, -0.05) is 53.9 Å². The van der Waals surface area contributed by atoms with Crippen LogP contribution < -0.4 is 5.32 Å². The average Bonchev–Trinajstić information content (AvgIpc) is 2.36. The van der Waals surface area contributed by atoms with Gasteiger partial charge in [-0.3, -0.25) is 0 Å². The Morgan fingerprint density at radius 2 is 1.89 bits per heavy atom. The Bertz CT molecular complexity index is 570. The maximum atomic E-state index is 6.06. The summed E-state index contributed by atoms with van der Waals surface area (Å²) in [6.07, 6.45) is 0.970. The second-order valence-corrected chi connectivity index (χ2v) is 4.94. The van der Waals surface area contributed by atoms with Crippen LogP contribution in [-0.4, -0.2) is 4.98 Å². The van der Waals surface area contributed by atoms with Crippen LogP contribution >= 0.6 is 34.8 Å². The highest BCUT2D eigenvalue weighted by Gasteiger charge is 2.08. The molecule has 0 atom stereocenters. The standard InChI is InChI=1S/C13H11Cl3N2/c1-2-8-4-3-5-9(6-8)17-13-11(15)7-10(14)12(16)18-13/h3-7H,2H2,1H3,(H,17,18). The molecule has 1 aromatic heterocycles. The first kappa shape index (κ1) is 13.5. The SMILES string of the molecule is CCc1cccc(Nc2nc(Cl)c(Cl)cc2Cl)c1. The highest BCUT2D eigenvalue weighted by Crippen LogP contribution is 2.30. The lowest BCUT2D eigenvalue weighted by molar-refractivity contribution is 1.14. The number of rotatable bonds is 3. The first-order chi connectivity index (χ1) is 8.60. The van der Waals surface area contributed by atoms with Crippen molar-refractivity contribution in [3.8, 4) is 0 Å². The number of anilines is 2. The van der Waals surface area contributed by atoms with Gasteiger partial charge < -0.3 is 5.32 Å². The summed E-state index contributed by atoms with van der Waals surface area (Å²) in [7, 11) is 0. The van der Waals surface area contributed by atoms with E-state index < -0.39 is 0 Å². The number of hydrogen-bond donors (Lipinski definition) is 1. The molecule has 0 spiro atoms. The summed E-state index contributed by atoms with van der Waals surface area (Å²) in [6.45, 7) is 2.10. The van der Waals surface area contributed by atoms with Gasteiger partial charge in [-0.05, 0) is 30.2 Å². The van der Waals surface area contributed by atoms with Crippen molar-refractivity contribution >= 4 is 46.3 Å². The topological polar surface area (TPSA) is 24.9 Å². The molecule has 0 aliphatic rings. The van der Waals surface area contributed by atoms with Crippen LogP contribution in [0.2, 0.25) is 15.2 Å². The number of hydrogen-bond acceptors (Lipinski definition) is 2. The summed E-state index contributed by atoms with van der Waals surface area (Å²) in [6, 6.07) is 9.60. The van der Waals surface area contributed by atoms with E-state index in [1.165, 1.54) is 5.56 Å². The Hall–Kier alpha value is -0.960. The Morgan fingerprint density at radius 3 is 2.61 bits per heavy atom. The fourth-order valence-corrected chi connectivity index (χ4v) is 2.08. The van der Waals surface area contributed by atoms with E-state index in [9.17, 15) is 0 Å². The number of pyridine rings is 1. The minimum atomic E-state index is 0.232. The molecule has 0 bridgehead atoms. The van der Waals surface area contributed by atoms with Gasteiger partial charge >= 0.3 is 0 Å². The molecule has 0 saturated heterocycles. The maximum absolute atomic E-state index is 6.06. The Labute approximate surface area is 121 Å².